The first-order valence-corrected chi connectivity index (χ1v) is 12.7. The Morgan fingerprint density at radius 2 is 1.61 bits per heavy atom. The number of rotatable bonds is 10. The summed E-state index contributed by atoms with van der Waals surface area (Å²) >= 11 is 1.45. The van der Waals surface area contributed by atoms with Crippen molar-refractivity contribution in [2.24, 2.45) is 5.92 Å². The third-order valence-corrected chi connectivity index (χ3v) is 7.34. The van der Waals surface area contributed by atoms with Crippen LogP contribution in [-0.2, 0) is 4.79 Å². The summed E-state index contributed by atoms with van der Waals surface area (Å²) in [7, 11) is 0. The summed E-state index contributed by atoms with van der Waals surface area (Å²) in [6.07, 6.45) is 19.6. The maximum atomic E-state index is 13.5. The number of carbonyl (C=O) groups excluding carboxylic acids is 1. The zero-order valence-corrected chi connectivity index (χ0v) is 18.7. The number of aromatic nitrogens is 2. The Kier molecular flexibility index (Phi) is 9.23. The van der Waals surface area contributed by atoms with Crippen LogP contribution in [0.3, 0.4) is 0 Å². The lowest BCUT2D eigenvalue weighted by atomic mass is 9.85. The summed E-state index contributed by atoms with van der Waals surface area (Å²) in [6.45, 7) is 3.07. The Hall–Kier alpha value is -0.970. The number of anilines is 1. The van der Waals surface area contributed by atoms with Crippen molar-refractivity contribution in [1.29, 1.82) is 0 Å². The molecule has 0 saturated heterocycles. The van der Waals surface area contributed by atoms with Gasteiger partial charge >= 0.3 is 0 Å². The molecule has 2 aliphatic carbocycles. The lowest BCUT2D eigenvalue weighted by Gasteiger charge is -2.26. The van der Waals surface area contributed by atoms with E-state index < -0.39 is 0 Å². The Bertz CT molecular complexity index is 576. The minimum Gasteiger partial charge on any atom is -0.287 e. The number of nitrogens with zero attached hydrogens (tertiary/aromatic N) is 3. The van der Waals surface area contributed by atoms with E-state index in [4.69, 9.17) is 4.98 Å². The number of carbonyl (C=O) groups is 1. The average Bonchev–Trinajstić information content (AvgIpc) is 3.08. The fourth-order valence-electron chi connectivity index (χ4n) is 4.44. The van der Waals surface area contributed by atoms with Crippen molar-refractivity contribution in [2.75, 3.05) is 11.4 Å². The van der Waals surface area contributed by atoms with Crippen molar-refractivity contribution in [3.8, 4) is 0 Å². The Balaban J connectivity index is 1.62. The van der Waals surface area contributed by atoms with E-state index in [-0.39, 0.29) is 5.92 Å². The molecule has 158 valence electrons. The van der Waals surface area contributed by atoms with Gasteiger partial charge in [0.15, 0.2) is 0 Å². The third-order valence-electron chi connectivity index (χ3n) is 6.59. The minimum absolute atomic E-state index is 0.191. The highest BCUT2D eigenvalue weighted by atomic mass is 32.1. The Morgan fingerprint density at radius 1 is 0.929 bits per heavy atom. The van der Waals surface area contributed by atoms with Crippen molar-refractivity contribution in [1.82, 2.24) is 9.36 Å². The molecule has 1 aromatic rings. The van der Waals surface area contributed by atoms with Crippen LogP contribution in [0.4, 0.5) is 5.13 Å². The summed E-state index contributed by atoms with van der Waals surface area (Å²) in [5.41, 5.74) is 0. The Labute approximate surface area is 175 Å². The van der Waals surface area contributed by atoms with Gasteiger partial charge in [-0.3, -0.25) is 9.69 Å². The molecule has 1 heterocycles. The molecule has 0 aliphatic heterocycles. The zero-order chi connectivity index (χ0) is 19.6. The summed E-state index contributed by atoms with van der Waals surface area (Å²) in [6, 6.07) is 0. The molecule has 0 atom stereocenters. The van der Waals surface area contributed by atoms with Gasteiger partial charge in [-0.2, -0.15) is 4.37 Å². The molecule has 28 heavy (non-hydrogen) atoms. The molecule has 2 saturated carbocycles. The van der Waals surface area contributed by atoms with Crippen LogP contribution >= 0.6 is 11.5 Å². The van der Waals surface area contributed by atoms with E-state index >= 15 is 0 Å². The van der Waals surface area contributed by atoms with Gasteiger partial charge < -0.3 is 0 Å². The number of unbranched alkanes of at least 4 members (excludes halogenated alkanes) is 5. The summed E-state index contributed by atoms with van der Waals surface area (Å²) < 4.78 is 4.63. The normalized spacial score (nSPS) is 19.0. The van der Waals surface area contributed by atoms with Crippen LogP contribution in [-0.4, -0.2) is 21.8 Å². The molecule has 4 nitrogen and oxygen atoms in total. The third kappa shape index (κ3) is 6.27. The van der Waals surface area contributed by atoms with Gasteiger partial charge in [-0.1, -0.05) is 77.6 Å². The van der Waals surface area contributed by atoms with Crippen molar-refractivity contribution in [3.63, 3.8) is 0 Å². The maximum Gasteiger partial charge on any atom is 0.231 e. The minimum atomic E-state index is 0.191. The molecule has 0 spiro atoms. The summed E-state index contributed by atoms with van der Waals surface area (Å²) in [5, 5.41) is 0.863. The lowest BCUT2D eigenvalue weighted by molar-refractivity contribution is -0.123. The van der Waals surface area contributed by atoms with Gasteiger partial charge in [0.2, 0.25) is 11.0 Å². The molecule has 0 N–H and O–H groups in total. The van der Waals surface area contributed by atoms with Gasteiger partial charge in [0.25, 0.3) is 0 Å². The number of hydrogen-bond acceptors (Lipinski definition) is 4. The lowest BCUT2D eigenvalue weighted by Crippen LogP contribution is -2.37. The van der Waals surface area contributed by atoms with Crippen molar-refractivity contribution in [2.45, 2.75) is 116 Å². The van der Waals surface area contributed by atoms with E-state index in [1.54, 1.807) is 0 Å². The monoisotopic (exact) mass is 405 g/mol. The first kappa shape index (κ1) is 21.7. The molecule has 5 heteroatoms. The predicted octanol–water partition coefficient (Wildman–Crippen LogP) is 6.86. The molecule has 0 bridgehead atoms. The van der Waals surface area contributed by atoms with Gasteiger partial charge in [-0.15, -0.1) is 0 Å². The quantitative estimate of drug-likeness (QED) is 0.399. The average molecular weight is 406 g/mol. The summed E-state index contributed by atoms with van der Waals surface area (Å²) in [5.74, 6) is 2.05. The molecule has 2 fully saturated rings. The van der Waals surface area contributed by atoms with Crippen LogP contribution in [0.25, 0.3) is 0 Å². The maximum absolute atomic E-state index is 13.5. The molecule has 0 aromatic carbocycles. The van der Waals surface area contributed by atoms with Crippen molar-refractivity contribution in [3.05, 3.63) is 5.82 Å². The predicted molar refractivity (Wildman–Crippen MR) is 118 cm³/mol. The van der Waals surface area contributed by atoms with Gasteiger partial charge in [0, 0.05) is 29.9 Å². The fraction of sp³-hybridized carbons (Fsp3) is 0.870. The standard InChI is InChI=1S/C23H39N3OS/c1-2-3-4-5-9-12-18-26(22(27)20-14-10-7-6-8-11-15-20)23-24-21(25-28-23)19-16-13-17-19/h19-20H,2-18H2,1H3. The van der Waals surface area contributed by atoms with E-state index in [1.807, 2.05) is 4.90 Å². The van der Waals surface area contributed by atoms with Crippen LogP contribution in [0.15, 0.2) is 0 Å². The van der Waals surface area contributed by atoms with Gasteiger partial charge in [-0.25, -0.2) is 4.98 Å². The van der Waals surface area contributed by atoms with Crippen molar-refractivity contribution < 1.29 is 4.79 Å². The van der Waals surface area contributed by atoms with E-state index in [0.29, 0.717) is 11.8 Å². The van der Waals surface area contributed by atoms with Gasteiger partial charge in [0.05, 0.1) is 0 Å². The number of amides is 1. The zero-order valence-electron chi connectivity index (χ0n) is 17.8. The number of hydrogen-bond donors (Lipinski definition) is 0. The SMILES string of the molecule is CCCCCCCCN(C(=O)C1CCCCCCC1)c1nc(C2CCC2)ns1. The second-order valence-corrected chi connectivity index (χ2v) is 9.59. The molecule has 0 unspecified atom stereocenters. The highest BCUT2D eigenvalue weighted by molar-refractivity contribution is 7.09. The smallest absolute Gasteiger partial charge is 0.231 e. The van der Waals surface area contributed by atoms with Crippen LogP contribution in [0.5, 0.6) is 0 Å². The first-order chi connectivity index (χ1) is 13.8. The molecular formula is C23H39N3OS. The van der Waals surface area contributed by atoms with E-state index in [0.717, 1.165) is 36.8 Å². The fourth-order valence-corrected chi connectivity index (χ4v) is 5.22. The molecule has 1 aromatic heterocycles. The second-order valence-electron chi connectivity index (χ2n) is 8.86. The summed E-state index contributed by atoms with van der Waals surface area (Å²) in [4.78, 5) is 20.3. The molecule has 3 rings (SSSR count). The van der Waals surface area contributed by atoms with E-state index in [9.17, 15) is 4.79 Å². The van der Waals surface area contributed by atoms with Gasteiger partial charge in [-0.05, 0) is 32.1 Å². The van der Waals surface area contributed by atoms with Crippen LogP contribution in [0.1, 0.15) is 121 Å². The van der Waals surface area contributed by atoms with E-state index in [2.05, 4.69) is 11.3 Å². The Morgan fingerprint density at radius 3 is 2.29 bits per heavy atom. The van der Waals surface area contributed by atoms with Crippen LogP contribution in [0.2, 0.25) is 0 Å². The van der Waals surface area contributed by atoms with Crippen LogP contribution in [0, 0.1) is 5.92 Å². The molecule has 1 amide bonds. The molecule has 0 radical (unpaired) electrons. The second kappa shape index (κ2) is 11.9. The molecular weight excluding hydrogens is 366 g/mol. The van der Waals surface area contributed by atoms with Crippen molar-refractivity contribution >= 4 is 22.6 Å². The first-order valence-electron chi connectivity index (χ1n) is 11.9. The van der Waals surface area contributed by atoms with Gasteiger partial charge in [0.1, 0.15) is 5.82 Å². The molecule has 2 aliphatic rings. The highest BCUT2D eigenvalue weighted by Crippen LogP contribution is 2.37. The van der Waals surface area contributed by atoms with Crippen LogP contribution < -0.4 is 4.90 Å². The largest absolute Gasteiger partial charge is 0.287 e. The highest BCUT2D eigenvalue weighted by Gasteiger charge is 2.29. The van der Waals surface area contributed by atoms with E-state index in [1.165, 1.54) is 95.0 Å². The topological polar surface area (TPSA) is 46.1 Å².